The van der Waals surface area contributed by atoms with E-state index in [0.717, 1.165) is 22.3 Å². The highest BCUT2D eigenvalue weighted by molar-refractivity contribution is 5.98. The van der Waals surface area contributed by atoms with Crippen molar-refractivity contribution in [3.63, 3.8) is 0 Å². The van der Waals surface area contributed by atoms with Crippen LogP contribution in [0, 0.1) is 6.92 Å². The van der Waals surface area contributed by atoms with Crippen molar-refractivity contribution in [3.05, 3.63) is 82.9 Å². The summed E-state index contributed by atoms with van der Waals surface area (Å²) >= 11 is 0. The van der Waals surface area contributed by atoms with Crippen LogP contribution < -0.4 is 5.56 Å². The average molecular weight is 353 g/mol. The SMILES string of the molecule is Cc1nc2nc3c(cc2c(=O)[nH]1)c(-c1ccccc1)nn3-c1ccccc1. The van der Waals surface area contributed by atoms with Crippen molar-refractivity contribution in [2.45, 2.75) is 6.92 Å². The highest BCUT2D eigenvalue weighted by atomic mass is 16.1. The Hall–Kier alpha value is -3.80. The second kappa shape index (κ2) is 5.88. The second-order valence-corrected chi connectivity index (χ2v) is 6.34. The molecule has 130 valence electrons. The van der Waals surface area contributed by atoms with Gasteiger partial charge in [0.2, 0.25) is 0 Å². The van der Waals surface area contributed by atoms with Crippen LogP contribution in [0.3, 0.4) is 0 Å². The van der Waals surface area contributed by atoms with E-state index in [1.54, 1.807) is 11.6 Å². The quantitative estimate of drug-likeness (QED) is 0.526. The molecule has 5 aromatic rings. The lowest BCUT2D eigenvalue weighted by Gasteiger charge is -2.03. The lowest BCUT2D eigenvalue weighted by Crippen LogP contribution is -2.10. The van der Waals surface area contributed by atoms with Crippen LogP contribution in [0.2, 0.25) is 0 Å². The lowest BCUT2D eigenvalue weighted by molar-refractivity contribution is 0.901. The van der Waals surface area contributed by atoms with Crippen molar-refractivity contribution >= 4 is 22.1 Å². The molecule has 0 atom stereocenters. The van der Waals surface area contributed by atoms with E-state index >= 15 is 0 Å². The van der Waals surface area contributed by atoms with E-state index in [1.165, 1.54) is 0 Å². The molecule has 0 fully saturated rings. The summed E-state index contributed by atoms with van der Waals surface area (Å²) in [6.45, 7) is 1.75. The number of para-hydroxylation sites is 1. The van der Waals surface area contributed by atoms with Gasteiger partial charge < -0.3 is 4.98 Å². The number of H-pyrrole nitrogens is 1. The molecule has 0 bridgehead atoms. The predicted octanol–water partition coefficient (Wildman–Crippen LogP) is 3.63. The third kappa shape index (κ3) is 2.50. The van der Waals surface area contributed by atoms with Crippen LogP contribution in [-0.2, 0) is 0 Å². The summed E-state index contributed by atoms with van der Waals surface area (Å²) in [7, 11) is 0. The molecule has 5 rings (SSSR count). The highest BCUT2D eigenvalue weighted by Crippen LogP contribution is 2.30. The van der Waals surface area contributed by atoms with Gasteiger partial charge in [-0.3, -0.25) is 4.79 Å². The molecule has 0 aliphatic rings. The lowest BCUT2D eigenvalue weighted by atomic mass is 10.1. The molecule has 0 aliphatic heterocycles. The fraction of sp³-hybridized carbons (Fsp3) is 0.0476. The van der Waals surface area contributed by atoms with Crippen LogP contribution in [0.5, 0.6) is 0 Å². The van der Waals surface area contributed by atoms with Crippen molar-refractivity contribution in [1.29, 1.82) is 0 Å². The maximum Gasteiger partial charge on any atom is 0.260 e. The van der Waals surface area contributed by atoms with Gasteiger partial charge in [0.25, 0.3) is 5.56 Å². The Morgan fingerprint density at radius 3 is 2.33 bits per heavy atom. The normalized spacial score (nSPS) is 11.3. The smallest absolute Gasteiger partial charge is 0.260 e. The van der Waals surface area contributed by atoms with Crippen LogP contribution >= 0.6 is 0 Å². The summed E-state index contributed by atoms with van der Waals surface area (Å²) in [6.07, 6.45) is 0. The van der Waals surface area contributed by atoms with E-state index in [0.29, 0.717) is 22.5 Å². The van der Waals surface area contributed by atoms with Crippen molar-refractivity contribution in [3.8, 4) is 16.9 Å². The number of hydrogen-bond acceptors (Lipinski definition) is 4. The number of aromatic nitrogens is 5. The molecule has 6 nitrogen and oxygen atoms in total. The van der Waals surface area contributed by atoms with Gasteiger partial charge in [-0.1, -0.05) is 48.5 Å². The first kappa shape index (κ1) is 15.5. The predicted molar refractivity (Wildman–Crippen MR) is 105 cm³/mol. The molecule has 0 radical (unpaired) electrons. The largest absolute Gasteiger partial charge is 0.310 e. The topological polar surface area (TPSA) is 76.5 Å². The van der Waals surface area contributed by atoms with Gasteiger partial charge >= 0.3 is 0 Å². The molecule has 0 unspecified atom stereocenters. The second-order valence-electron chi connectivity index (χ2n) is 6.34. The van der Waals surface area contributed by atoms with Crippen LogP contribution in [0.25, 0.3) is 39.0 Å². The Morgan fingerprint density at radius 2 is 1.59 bits per heavy atom. The van der Waals surface area contributed by atoms with Gasteiger partial charge in [-0.05, 0) is 25.1 Å². The van der Waals surface area contributed by atoms with Crippen LogP contribution in [-0.4, -0.2) is 24.7 Å². The van der Waals surface area contributed by atoms with Gasteiger partial charge in [0, 0.05) is 10.9 Å². The zero-order valence-corrected chi connectivity index (χ0v) is 14.5. The number of aromatic amines is 1. The molecule has 0 saturated carbocycles. The fourth-order valence-corrected chi connectivity index (χ4v) is 3.26. The third-order valence-corrected chi connectivity index (χ3v) is 4.50. The molecule has 1 N–H and O–H groups in total. The third-order valence-electron chi connectivity index (χ3n) is 4.50. The standard InChI is InChI=1S/C21H15N5O/c1-13-22-19-17(21(27)23-13)12-16-18(14-8-4-2-5-9-14)25-26(20(16)24-19)15-10-6-3-7-11-15/h2-12H,1H3,(H,22,23,24,27). The Bertz CT molecular complexity index is 1340. The van der Waals surface area contributed by atoms with E-state index in [2.05, 4.69) is 9.97 Å². The molecule has 3 heterocycles. The number of fused-ring (bicyclic) bond motifs is 2. The van der Waals surface area contributed by atoms with Crippen molar-refractivity contribution in [2.24, 2.45) is 0 Å². The zero-order valence-electron chi connectivity index (χ0n) is 14.5. The Kier molecular flexibility index (Phi) is 3.36. The summed E-state index contributed by atoms with van der Waals surface area (Å²) in [6, 6.07) is 21.6. The van der Waals surface area contributed by atoms with Crippen LogP contribution in [0.4, 0.5) is 0 Å². The molecule has 3 aromatic heterocycles. The summed E-state index contributed by atoms with van der Waals surface area (Å²) in [4.78, 5) is 24.2. The monoisotopic (exact) mass is 353 g/mol. The minimum atomic E-state index is -0.196. The van der Waals surface area contributed by atoms with Gasteiger partial charge in [0.1, 0.15) is 11.5 Å². The van der Waals surface area contributed by atoms with Gasteiger partial charge in [0.05, 0.1) is 11.1 Å². The van der Waals surface area contributed by atoms with E-state index in [-0.39, 0.29) is 5.56 Å². The molecular weight excluding hydrogens is 338 g/mol. The highest BCUT2D eigenvalue weighted by Gasteiger charge is 2.17. The number of aryl methyl sites for hydroxylation is 1. The van der Waals surface area contributed by atoms with Gasteiger partial charge in [-0.15, -0.1) is 0 Å². The minimum absolute atomic E-state index is 0.196. The molecule has 27 heavy (non-hydrogen) atoms. The molecule has 0 aliphatic carbocycles. The number of benzene rings is 2. The summed E-state index contributed by atoms with van der Waals surface area (Å²) in [5, 5.41) is 6.09. The van der Waals surface area contributed by atoms with Gasteiger partial charge in [-0.2, -0.15) is 5.10 Å². The molecule has 0 saturated heterocycles. The van der Waals surface area contributed by atoms with E-state index < -0.39 is 0 Å². The Balaban J connectivity index is 1.92. The fourth-order valence-electron chi connectivity index (χ4n) is 3.26. The van der Waals surface area contributed by atoms with Crippen LogP contribution in [0.1, 0.15) is 5.82 Å². The van der Waals surface area contributed by atoms with Crippen molar-refractivity contribution < 1.29 is 0 Å². The molecule has 0 amide bonds. The number of hydrogen-bond donors (Lipinski definition) is 1. The van der Waals surface area contributed by atoms with E-state index in [1.807, 2.05) is 66.7 Å². The Morgan fingerprint density at radius 1 is 0.889 bits per heavy atom. The molecular formula is C21H15N5O. The van der Waals surface area contributed by atoms with Gasteiger partial charge in [-0.25, -0.2) is 14.6 Å². The van der Waals surface area contributed by atoms with E-state index in [9.17, 15) is 4.79 Å². The number of nitrogens with one attached hydrogen (secondary N) is 1. The molecule has 6 heteroatoms. The maximum atomic E-state index is 12.4. The Labute approximate surface area is 154 Å². The van der Waals surface area contributed by atoms with Gasteiger partial charge in [0.15, 0.2) is 11.3 Å². The maximum absolute atomic E-state index is 12.4. The number of nitrogens with zero attached hydrogens (tertiary/aromatic N) is 4. The summed E-state index contributed by atoms with van der Waals surface area (Å²) in [5.41, 5.74) is 3.54. The van der Waals surface area contributed by atoms with Crippen molar-refractivity contribution in [2.75, 3.05) is 0 Å². The minimum Gasteiger partial charge on any atom is -0.310 e. The number of pyridine rings is 1. The molecule has 0 spiro atoms. The molecule has 2 aromatic carbocycles. The number of rotatable bonds is 2. The van der Waals surface area contributed by atoms with Crippen LogP contribution in [0.15, 0.2) is 71.5 Å². The zero-order chi connectivity index (χ0) is 18.4. The summed E-state index contributed by atoms with van der Waals surface area (Å²) < 4.78 is 1.80. The average Bonchev–Trinajstić information content (AvgIpc) is 3.06. The summed E-state index contributed by atoms with van der Waals surface area (Å²) in [5.74, 6) is 0.536. The first-order valence-electron chi connectivity index (χ1n) is 8.62. The van der Waals surface area contributed by atoms with Crippen molar-refractivity contribution in [1.82, 2.24) is 24.7 Å². The van der Waals surface area contributed by atoms with E-state index in [4.69, 9.17) is 10.1 Å². The first-order valence-corrected chi connectivity index (χ1v) is 8.62. The first-order chi connectivity index (χ1) is 13.2.